The van der Waals surface area contributed by atoms with Gasteiger partial charge in [-0.2, -0.15) is 0 Å². The molecule has 1 heterocycles. The van der Waals surface area contributed by atoms with E-state index in [1.807, 2.05) is 30.3 Å². The number of carbonyl (C=O) groups is 1. The minimum absolute atomic E-state index is 0.106. The second-order valence-corrected chi connectivity index (χ2v) is 8.89. The molecule has 0 aliphatic rings. The van der Waals surface area contributed by atoms with Crippen molar-refractivity contribution in [2.45, 2.75) is 4.90 Å². The van der Waals surface area contributed by atoms with Crippen molar-refractivity contribution in [3.63, 3.8) is 0 Å². The van der Waals surface area contributed by atoms with Crippen molar-refractivity contribution in [2.75, 3.05) is 19.4 Å². The van der Waals surface area contributed by atoms with Gasteiger partial charge in [-0.3, -0.25) is 4.79 Å². The van der Waals surface area contributed by atoms with E-state index in [1.165, 1.54) is 25.5 Å². The molecule has 27 heavy (non-hydrogen) atoms. The molecule has 3 rings (SSSR count). The smallest absolute Gasteiger partial charge is 0.265 e. The van der Waals surface area contributed by atoms with Crippen LogP contribution in [0.4, 0.5) is 5.69 Å². The van der Waals surface area contributed by atoms with E-state index in [-0.39, 0.29) is 10.8 Å². The standard InChI is InChI=1S/C19H18N2O4S2/c1-21(2)27(23,24)17-12-18(26-13-17)19(22)20-14-8-10-16(11-9-14)25-15-6-4-3-5-7-15/h3-13H,1-2H3,(H,20,22). The van der Waals surface area contributed by atoms with Gasteiger partial charge in [-0.05, 0) is 42.5 Å². The largest absolute Gasteiger partial charge is 0.457 e. The number of nitrogens with one attached hydrogen (secondary N) is 1. The molecule has 0 radical (unpaired) electrons. The van der Waals surface area contributed by atoms with Crippen LogP contribution < -0.4 is 10.1 Å². The summed E-state index contributed by atoms with van der Waals surface area (Å²) in [7, 11) is -0.650. The van der Waals surface area contributed by atoms with E-state index in [0.29, 0.717) is 16.3 Å². The molecule has 0 aliphatic heterocycles. The van der Waals surface area contributed by atoms with E-state index in [4.69, 9.17) is 4.74 Å². The number of hydrogen-bond acceptors (Lipinski definition) is 5. The van der Waals surface area contributed by atoms with Crippen molar-refractivity contribution >= 4 is 33.0 Å². The highest BCUT2D eigenvalue weighted by molar-refractivity contribution is 7.89. The van der Waals surface area contributed by atoms with Gasteiger partial charge in [0.2, 0.25) is 10.0 Å². The summed E-state index contributed by atoms with van der Waals surface area (Å²) < 4.78 is 31.0. The predicted octanol–water partition coefficient (Wildman–Crippen LogP) is 4.04. The molecule has 1 N–H and O–H groups in total. The number of anilines is 1. The molecule has 0 fully saturated rings. The van der Waals surface area contributed by atoms with Gasteiger partial charge in [-0.1, -0.05) is 18.2 Å². The number of sulfonamides is 1. The summed E-state index contributed by atoms with van der Waals surface area (Å²) in [6.45, 7) is 0. The summed E-state index contributed by atoms with van der Waals surface area (Å²) in [5.41, 5.74) is 0.589. The van der Waals surface area contributed by atoms with Gasteiger partial charge in [0.05, 0.1) is 9.77 Å². The van der Waals surface area contributed by atoms with Crippen molar-refractivity contribution in [2.24, 2.45) is 0 Å². The molecule has 0 saturated carbocycles. The average Bonchev–Trinajstić information content (AvgIpc) is 3.15. The Morgan fingerprint density at radius 3 is 2.26 bits per heavy atom. The lowest BCUT2D eigenvalue weighted by Crippen LogP contribution is -2.21. The molecule has 140 valence electrons. The number of rotatable bonds is 6. The highest BCUT2D eigenvalue weighted by Gasteiger charge is 2.21. The topological polar surface area (TPSA) is 75.7 Å². The highest BCUT2D eigenvalue weighted by atomic mass is 32.2. The second-order valence-electron chi connectivity index (χ2n) is 5.83. The molecular formula is C19H18N2O4S2. The number of amides is 1. The lowest BCUT2D eigenvalue weighted by atomic mass is 10.3. The van der Waals surface area contributed by atoms with Crippen molar-refractivity contribution in [3.05, 3.63) is 70.9 Å². The molecule has 0 saturated heterocycles. The van der Waals surface area contributed by atoms with Crippen LogP contribution in [0.15, 0.2) is 70.9 Å². The Labute approximate surface area is 162 Å². The number of nitrogens with zero attached hydrogens (tertiary/aromatic N) is 1. The number of hydrogen-bond donors (Lipinski definition) is 1. The van der Waals surface area contributed by atoms with Crippen LogP contribution in [0.1, 0.15) is 9.67 Å². The Kier molecular flexibility index (Phi) is 5.59. The summed E-state index contributed by atoms with van der Waals surface area (Å²) in [6.07, 6.45) is 0. The first-order valence-electron chi connectivity index (χ1n) is 8.01. The van der Waals surface area contributed by atoms with Gasteiger partial charge in [0.1, 0.15) is 11.5 Å². The van der Waals surface area contributed by atoms with Gasteiger partial charge in [0, 0.05) is 25.2 Å². The minimum atomic E-state index is -3.55. The molecule has 1 aromatic heterocycles. The Morgan fingerprint density at radius 1 is 1.00 bits per heavy atom. The van der Waals surface area contributed by atoms with E-state index in [9.17, 15) is 13.2 Å². The fourth-order valence-electron chi connectivity index (χ4n) is 2.21. The summed E-state index contributed by atoms with van der Waals surface area (Å²) in [6, 6.07) is 17.7. The van der Waals surface area contributed by atoms with Gasteiger partial charge < -0.3 is 10.1 Å². The summed E-state index contributed by atoms with van der Waals surface area (Å²) in [5, 5.41) is 4.21. The number of para-hydroxylation sites is 1. The first kappa shape index (κ1) is 19.1. The lowest BCUT2D eigenvalue weighted by molar-refractivity contribution is 0.103. The normalized spacial score (nSPS) is 11.4. The molecule has 0 atom stereocenters. The molecule has 0 bridgehead atoms. The highest BCUT2D eigenvalue weighted by Crippen LogP contribution is 2.25. The number of ether oxygens (including phenoxy) is 1. The molecule has 0 spiro atoms. The van der Waals surface area contributed by atoms with E-state index >= 15 is 0 Å². The third kappa shape index (κ3) is 4.54. The van der Waals surface area contributed by atoms with E-state index in [2.05, 4.69) is 5.32 Å². The van der Waals surface area contributed by atoms with Gasteiger partial charge >= 0.3 is 0 Å². The third-order valence-electron chi connectivity index (χ3n) is 3.67. The van der Waals surface area contributed by atoms with Gasteiger partial charge in [-0.25, -0.2) is 12.7 Å². The van der Waals surface area contributed by atoms with Crippen LogP contribution in [0.3, 0.4) is 0 Å². The summed E-state index contributed by atoms with van der Waals surface area (Å²) in [5.74, 6) is 1.01. The SMILES string of the molecule is CN(C)S(=O)(=O)c1csc(C(=O)Nc2ccc(Oc3ccccc3)cc2)c1. The quantitative estimate of drug-likeness (QED) is 0.675. The van der Waals surface area contributed by atoms with Crippen molar-refractivity contribution in [1.29, 1.82) is 0 Å². The fourth-order valence-corrected chi connectivity index (χ4v) is 4.27. The number of thiophene rings is 1. The molecule has 1 amide bonds. The first-order valence-corrected chi connectivity index (χ1v) is 10.3. The maximum Gasteiger partial charge on any atom is 0.265 e. The minimum Gasteiger partial charge on any atom is -0.457 e. The van der Waals surface area contributed by atoms with E-state index < -0.39 is 10.0 Å². The first-order chi connectivity index (χ1) is 12.9. The number of benzene rings is 2. The Bertz CT molecular complexity index is 1030. The van der Waals surface area contributed by atoms with Crippen LogP contribution in [0.25, 0.3) is 0 Å². The van der Waals surface area contributed by atoms with Crippen LogP contribution in [0.2, 0.25) is 0 Å². The maximum absolute atomic E-state index is 12.4. The predicted molar refractivity (Wildman–Crippen MR) is 106 cm³/mol. The third-order valence-corrected chi connectivity index (χ3v) is 6.54. The average molecular weight is 402 g/mol. The van der Waals surface area contributed by atoms with Crippen LogP contribution >= 0.6 is 11.3 Å². The molecule has 3 aromatic rings. The van der Waals surface area contributed by atoms with Gasteiger partial charge in [-0.15, -0.1) is 11.3 Å². The Hall–Kier alpha value is -2.68. The van der Waals surface area contributed by atoms with Crippen LogP contribution in [-0.2, 0) is 10.0 Å². The molecule has 8 heteroatoms. The molecule has 6 nitrogen and oxygen atoms in total. The van der Waals surface area contributed by atoms with Crippen molar-refractivity contribution in [3.8, 4) is 11.5 Å². The zero-order chi connectivity index (χ0) is 19.4. The zero-order valence-electron chi connectivity index (χ0n) is 14.7. The van der Waals surface area contributed by atoms with Crippen molar-refractivity contribution < 1.29 is 17.9 Å². The van der Waals surface area contributed by atoms with Gasteiger partial charge in [0.15, 0.2) is 0 Å². The van der Waals surface area contributed by atoms with Crippen molar-refractivity contribution in [1.82, 2.24) is 4.31 Å². The lowest BCUT2D eigenvalue weighted by Gasteiger charge is -2.09. The summed E-state index contributed by atoms with van der Waals surface area (Å²) in [4.78, 5) is 12.8. The van der Waals surface area contributed by atoms with Crippen LogP contribution in [0.5, 0.6) is 11.5 Å². The Balaban J connectivity index is 1.67. The van der Waals surface area contributed by atoms with Gasteiger partial charge in [0.25, 0.3) is 5.91 Å². The monoisotopic (exact) mass is 402 g/mol. The maximum atomic E-state index is 12.4. The molecule has 2 aromatic carbocycles. The number of carbonyl (C=O) groups excluding carboxylic acids is 1. The molecule has 0 aliphatic carbocycles. The van der Waals surface area contributed by atoms with E-state index in [1.54, 1.807) is 24.3 Å². The van der Waals surface area contributed by atoms with E-state index in [0.717, 1.165) is 21.4 Å². The fraction of sp³-hybridized carbons (Fsp3) is 0.105. The Morgan fingerprint density at radius 2 is 1.63 bits per heavy atom. The zero-order valence-corrected chi connectivity index (χ0v) is 16.4. The molecule has 0 unspecified atom stereocenters. The van der Waals surface area contributed by atoms with Crippen LogP contribution in [0, 0.1) is 0 Å². The van der Waals surface area contributed by atoms with Crippen LogP contribution in [-0.4, -0.2) is 32.7 Å². The second kappa shape index (κ2) is 7.91. The summed E-state index contributed by atoms with van der Waals surface area (Å²) >= 11 is 1.08. The molecular weight excluding hydrogens is 384 g/mol.